The SMILES string of the molecule is c1ccc(C2(c3ccccc3)c3ccccc3-c3c(N(c4ccc5c(c4)C4(c6ccccc6Sc6ccccc64)c4ccccc4-5)c4ccc5c(c4)C4(c6ccccc6Sc6ccccc64)c4ccccc4-5)cccc32)cc1. The summed E-state index contributed by atoms with van der Waals surface area (Å²) in [5.74, 6) is 0. The van der Waals surface area contributed by atoms with Gasteiger partial charge in [-0.3, -0.25) is 0 Å². The predicted molar refractivity (Wildman–Crippen MR) is 321 cm³/mol. The molecule has 3 aliphatic carbocycles. The number of hydrogen-bond acceptors (Lipinski definition) is 3. The van der Waals surface area contributed by atoms with Gasteiger partial charge in [0.1, 0.15) is 0 Å². The minimum atomic E-state index is -0.580. The van der Waals surface area contributed by atoms with E-state index in [-0.39, 0.29) is 0 Å². The van der Waals surface area contributed by atoms with Crippen LogP contribution in [-0.4, -0.2) is 0 Å². The molecule has 17 rings (SSSR count). The van der Waals surface area contributed by atoms with Gasteiger partial charge in [-0.05, 0) is 149 Å². The molecule has 2 aliphatic heterocycles. The molecule has 0 aromatic heterocycles. The van der Waals surface area contributed by atoms with Crippen LogP contribution < -0.4 is 4.90 Å². The number of anilines is 3. The van der Waals surface area contributed by atoms with Crippen molar-refractivity contribution in [3.05, 3.63) is 352 Å². The van der Waals surface area contributed by atoms with E-state index in [1.807, 2.05) is 23.5 Å². The fraction of sp³-hybridized carbons (Fsp3) is 0.0400. The molecule has 5 aliphatic rings. The third kappa shape index (κ3) is 5.64. The van der Waals surface area contributed by atoms with Gasteiger partial charge in [0.05, 0.1) is 21.9 Å². The van der Waals surface area contributed by atoms with E-state index >= 15 is 0 Å². The highest BCUT2D eigenvalue weighted by atomic mass is 32.2. The van der Waals surface area contributed by atoms with E-state index in [4.69, 9.17) is 0 Å². The number of fused-ring (bicyclic) bond motifs is 21. The summed E-state index contributed by atoms with van der Waals surface area (Å²) < 4.78 is 0. The van der Waals surface area contributed by atoms with Crippen LogP contribution in [0, 0.1) is 0 Å². The molecule has 0 N–H and O–H groups in total. The van der Waals surface area contributed by atoms with Crippen LogP contribution in [0.1, 0.15) is 66.8 Å². The molecule has 12 aromatic carbocycles. The van der Waals surface area contributed by atoms with E-state index in [1.165, 1.54) is 120 Å². The molecule has 0 bridgehead atoms. The van der Waals surface area contributed by atoms with Crippen LogP contribution in [0.25, 0.3) is 33.4 Å². The summed E-state index contributed by atoms with van der Waals surface area (Å²) in [6, 6.07) is 109. The van der Waals surface area contributed by atoms with Crippen molar-refractivity contribution in [2.75, 3.05) is 4.90 Å². The number of hydrogen-bond donors (Lipinski definition) is 0. The Balaban J connectivity index is 0.994. The number of nitrogens with zero attached hydrogens (tertiary/aromatic N) is 1. The van der Waals surface area contributed by atoms with Crippen molar-refractivity contribution < 1.29 is 0 Å². The molecule has 2 spiro atoms. The number of benzene rings is 12. The second-order valence-electron chi connectivity index (χ2n) is 21.3. The highest BCUT2D eigenvalue weighted by Crippen LogP contribution is 2.66. The molecule has 0 atom stereocenters. The minimum absolute atomic E-state index is 0.552. The second-order valence-corrected chi connectivity index (χ2v) is 23.5. The van der Waals surface area contributed by atoms with Gasteiger partial charge in [0.2, 0.25) is 0 Å². The van der Waals surface area contributed by atoms with E-state index in [2.05, 4.69) is 290 Å². The van der Waals surface area contributed by atoms with Crippen molar-refractivity contribution >= 4 is 40.6 Å². The summed E-state index contributed by atoms with van der Waals surface area (Å²) in [5, 5.41) is 0. The zero-order valence-electron chi connectivity index (χ0n) is 42.4. The van der Waals surface area contributed by atoms with E-state index in [0.717, 1.165) is 17.1 Å². The van der Waals surface area contributed by atoms with Gasteiger partial charge in [-0.1, -0.05) is 254 Å². The maximum atomic E-state index is 2.63. The summed E-state index contributed by atoms with van der Waals surface area (Å²) in [6.07, 6.45) is 0. The molecule has 0 radical (unpaired) electrons. The molecule has 0 saturated heterocycles. The molecule has 12 aromatic rings. The Hall–Kier alpha value is -8.86. The Morgan fingerprint density at radius 1 is 0.231 bits per heavy atom. The molecule has 0 fully saturated rings. The molecule has 0 amide bonds. The van der Waals surface area contributed by atoms with Gasteiger partial charge in [-0.15, -0.1) is 0 Å². The quantitative estimate of drug-likeness (QED) is 0.169. The van der Waals surface area contributed by atoms with E-state index in [9.17, 15) is 0 Å². The van der Waals surface area contributed by atoms with Gasteiger partial charge < -0.3 is 4.90 Å². The third-order valence-electron chi connectivity index (χ3n) is 17.9. The summed E-state index contributed by atoms with van der Waals surface area (Å²) in [5.41, 5.74) is 25.0. The minimum Gasteiger partial charge on any atom is -0.310 e. The molecular formula is C75H47NS2. The van der Waals surface area contributed by atoms with Gasteiger partial charge in [0.25, 0.3) is 0 Å². The van der Waals surface area contributed by atoms with Crippen molar-refractivity contribution in [3.8, 4) is 33.4 Å². The molecule has 3 heteroatoms. The average molecular weight is 1030 g/mol. The Morgan fingerprint density at radius 3 is 1.00 bits per heavy atom. The van der Waals surface area contributed by atoms with Crippen molar-refractivity contribution in [1.82, 2.24) is 0 Å². The molecule has 0 saturated carbocycles. The van der Waals surface area contributed by atoms with Crippen LogP contribution in [-0.2, 0) is 16.2 Å². The highest BCUT2D eigenvalue weighted by molar-refractivity contribution is 7.99. The monoisotopic (exact) mass is 1030 g/mol. The van der Waals surface area contributed by atoms with E-state index < -0.39 is 16.2 Å². The summed E-state index contributed by atoms with van der Waals surface area (Å²) >= 11 is 3.79. The fourth-order valence-electron chi connectivity index (χ4n) is 15.1. The van der Waals surface area contributed by atoms with Crippen LogP contribution in [0.3, 0.4) is 0 Å². The van der Waals surface area contributed by atoms with E-state index in [1.54, 1.807) is 0 Å². The topological polar surface area (TPSA) is 3.24 Å². The molecule has 1 nitrogen and oxygen atoms in total. The maximum absolute atomic E-state index is 2.63. The van der Waals surface area contributed by atoms with Crippen molar-refractivity contribution in [1.29, 1.82) is 0 Å². The Morgan fingerprint density at radius 2 is 0.564 bits per heavy atom. The Bertz CT molecular complexity index is 4150. The second kappa shape index (κ2) is 16.6. The van der Waals surface area contributed by atoms with Crippen molar-refractivity contribution in [3.63, 3.8) is 0 Å². The third-order valence-corrected chi connectivity index (χ3v) is 20.2. The van der Waals surface area contributed by atoms with Crippen molar-refractivity contribution in [2.24, 2.45) is 0 Å². The lowest BCUT2D eigenvalue weighted by atomic mass is 9.67. The highest BCUT2D eigenvalue weighted by Gasteiger charge is 2.53. The average Bonchev–Trinajstić information content (AvgIpc) is 3.84. The van der Waals surface area contributed by atoms with E-state index in [0.29, 0.717) is 0 Å². The molecule has 364 valence electrons. The largest absolute Gasteiger partial charge is 0.310 e. The predicted octanol–water partition coefficient (Wildman–Crippen LogP) is 19.2. The molecular weight excluding hydrogens is 979 g/mol. The smallest absolute Gasteiger partial charge is 0.0736 e. The lowest BCUT2D eigenvalue weighted by molar-refractivity contribution is 0.721. The first-order valence-corrected chi connectivity index (χ1v) is 28.7. The standard InChI is InChI=1S/C75H47NS2/c1-3-22-48(23-4-1)73(49-24-5-2-6-25-49)59-31-12-9-28-56(59)72-64(73)36-21-37-67(72)76(50-42-44-54-52-26-7-10-29-57(52)74(65(54)46-50)60-32-13-17-38-68(60)77-69-39-18-14-33-61(69)74)51-43-45-55-53-27-8-11-30-58(53)75(66(55)47-51)62-34-15-19-40-70(62)78-71-41-20-16-35-63(71)75/h1-47H. The lowest BCUT2D eigenvalue weighted by Gasteiger charge is -2.40. The van der Waals surface area contributed by atoms with Gasteiger partial charge in [0.15, 0.2) is 0 Å². The first-order chi connectivity index (χ1) is 38.7. The summed E-state index contributed by atoms with van der Waals surface area (Å²) in [6.45, 7) is 0. The van der Waals surface area contributed by atoms with Crippen LogP contribution in [0.4, 0.5) is 17.1 Å². The number of rotatable bonds is 5. The zero-order chi connectivity index (χ0) is 51.2. The first-order valence-electron chi connectivity index (χ1n) is 27.1. The first kappa shape index (κ1) is 44.3. The lowest BCUT2D eigenvalue weighted by Crippen LogP contribution is -2.32. The summed E-state index contributed by atoms with van der Waals surface area (Å²) in [4.78, 5) is 7.82. The van der Waals surface area contributed by atoms with Gasteiger partial charge in [-0.2, -0.15) is 0 Å². The van der Waals surface area contributed by atoms with Gasteiger partial charge in [0, 0.05) is 36.5 Å². The van der Waals surface area contributed by atoms with Gasteiger partial charge >= 0.3 is 0 Å². The fourth-order valence-corrected chi connectivity index (χ4v) is 17.4. The van der Waals surface area contributed by atoms with Crippen LogP contribution in [0.15, 0.2) is 305 Å². The Labute approximate surface area is 463 Å². The van der Waals surface area contributed by atoms with Crippen LogP contribution >= 0.6 is 23.5 Å². The summed E-state index contributed by atoms with van der Waals surface area (Å²) in [7, 11) is 0. The molecule has 0 unspecified atom stereocenters. The van der Waals surface area contributed by atoms with Gasteiger partial charge in [-0.25, -0.2) is 0 Å². The zero-order valence-corrected chi connectivity index (χ0v) is 44.0. The van der Waals surface area contributed by atoms with Crippen LogP contribution in [0.5, 0.6) is 0 Å². The Kier molecular flexibility index (Phi) is 9.41. The maximum Gasteiger partial charge on any atom is 0.0736 e. The molecule has 78 heavy (non-hydrogen) atoms. The normalized spacial score (nSPS) is 15.1. The van der Waals surface area contributed by atoms with Crippen molar-refractivity contribution in [2.45, 2.75) is 35.8 Å². The van der Waals surface area contributed by atoms with Crippen LogP contribution in [0.2, 0.25) is 0 Å². The molecule has 2 heterocycles.